The maximum Gasteiger partial charge on any atom is 0.224 e. The molecule has 0 unspecified atom stereocenters. The molecule has 0 spiro atoms. The quantitative estimate of drug-likeness (QED) is 0.557. The number of thiophene rings is 1. The van der Waals surface area contributed by atoms with Gasteiger partial charge in [0.25, 0.3) is 0 Å². The van der Waals surface area contributed by atoms with Crippen molar-refractivity contribution in [2.75, 3.05) is 51.2 Å². The predicted octanol–water partition coefficient (Wildman–Crippen LogP) is 1.83. The number of amides is 1. The van der Waals surface area contributed by atoms with Gasteiger partial charge in [0, 0.05) is 82.1 Å². The van der Waals surface area contributed by atoms with E-state index >= 15 is 0 Å². The normalized spacial score (nSPS) is 17.3. The van der Waals surface area contributed by atoms with Crippen LogP contribution < -0.4 is 10.2 Å². The lowest BCUT2D eigenvalue weighted by Crippen LogP contribution is -2.53. The third-order valence-electron chi connectivity index (χ3n) is 5.62. The molecule has 0 aliphatic carbocycles. The van der Waals surface area contributed by atoms with Crippen molar-refractivity contribution in [2.24, 2.45) is 4.99 Å². The van der Waals surface area contributed by atoms with Crippen LogP contribution in [0.4, 0.5) is 5.13 Å². The van der Waals surface area contributed by atoms with E-state index in [1.165, 1.54) is 22.0 Å². The van der Waals surface area contributed by atoms with Crippen LogP contribution in [0.25, 0.3) is 0 Å². The van der Waals surface area contributed by atoms with E-state index in [1.807, 2.05) is 4.90 Å². The van der Waals surface area contributed by atoms with Gasteiger partial charge in [-0.2, -0.15) is 4.37 Å². The van der Waals surface area contributed by atoms with Gasteiger partial charge in [-0.05, 0) is 23.4 Å². The van der Waals surface area contributed by atoms with Crippen molar-refractivity contribution in [1.29, 1.82) is 0 Å². The van der Waals surface area contributed by atoms with E-state index in [9.17, 15) is 4.79 Å². The van der Waals surface area contributed by atoms with Gasteiger partial charge in [0.05, 0.1) is 0 Å². The first kappa shape index (κ1) is 21.0. The van der Waals surface area contributed by atoms with E-state index in [2.05, 4.69) is 47.8 Å². The van der Waals surface area contributed by atoms with E-state index in [4.69, 9.17) is 0 Å². The Balaban J connectivity index is 1.21. The topological polar surface area (TPSA) is 77.0 Å². The molecule has 0 saturated carbocycles. The molecule has 1 amide bonds. The lowest BCUT2D eigenvalue weighted by Gasteiger charge is -2.36. The molecule has 2 aliphatic rings. The number of aliphatic imine (C=N–C) groups is 1. The zero-order valence-corrected chi connectivity index (χ0v) is 19.3. The van der Waals surface area contributed by atoms with Crippen molar-refractivity contribution in [3.63, 3.8) is 0 Å². The van der Waals surface area contributed by atoms with Crippen LogP contribution >= 0.6 is 22.9 Å². The number of carbonyl (C=O) groups is 1. The molecule has 1 saturated heterocycles. The molecule has 0 aromatic carbocycles. The van der Waals surface area contributed by atoms with Crippen molar-refractivity contribution in [3.8, 4) is 0 Å². The molecular formula is C20H29N7OS2. The highest BCUT2D eigenvalue weighted by Gasteiger charge is 2.23. The number of nitrogens with zero attached hydrogens (tertiary/aromatic N) is 6. The Morgan fingerprint density at radius 3 is 2.80 bits per heavy atom. The van der Waals surface area contributed by atoms with Gasteiger partial charge in [-0.1, -0.05) is 6.92 Å². The highest BCUT2D eigenvalue weighted by molar-refractivity contribution is 7.10. The third kappa shape index (κ3) is 4.75. The van der Waals surface area contributed by atoms with Crippen LogP contribution in [0.1, 0.15) is 29.6 Å². The van der Waals surface area contributed by atoms with Crippen molar-refractivity contribution >= 4 is 39.9 Å². The Morgan fingerprint density at radius 2 is 2.07 bits per heavy atom. The molecule has 0 bridgehead atoms. The summed E-state index contributed by atoms with van der Waals surface area (Å²) in [6.45, 7) is 7.81. The van der Waals surface area contributed by atoms with E-state index < -0.39 is 0 Å². The Hall–Kier alpha value is -2.20. The van der Waals surface area contributed by atoms with Crippen LogP contribution in [0.15, 0.2) is 16.4 Å². The highest BCUT2D eigenvalue weighted by Crippen LogP contribution is 2.24. The number of fused-ring (bicyclic) bond motifs is 1. The first-order valence-electron chi connectivity index (χ1n) is 10.5. The van der Waals surface area contributed by atoms with Crippen LogP contribution in [0.2, 0.25) is 0 Å². The molecule has 8 nitrogen and oxygen atoms in total. The number of carbonyl (C=O) groups excluding carboxylic acids is 1. The van der Waals surface area contributed by atoms with Crippen LogP contribution in [0.5, 0.6) is 0 Å². The van der Waals surface area contributed by atoms with Crippen molar-refractivity contribution in [3.05, 3.63) is 27.7 Å². The van der Waals surface area contributed by atoms with Gasteiger partial charge in [-0.3, -0.25) is 9.79 Å². The van der Waals surface area contributed by atoms with Crippen LogP contribution in [-0.4, -0.2) is 77.3 Å². The summed E-state index contributed by atoms with van der Waals surface area (Å²) in [5.74, 6) is 2.00. The van der Waals surface area contributed by atoms with Crippen molar-refractivity contribution in [2.45, 2.75) is 32.7 Å². The van der Waals surface area contributed by atoms with Gasteiger partial charge in [0.2, 0.25) is 11.0 Å². The lowest BCUT2D eigenvalue weighted by molar-refractivity contribution is -0.131. The van der Waals surface area contributed by atoms with Gasteiger partial charge >= 0.3 is 0 Å². The summed E-state index contributed by atoms with van der Waals surface area (Å²) in [6.07, 6.45) is 2.34. The summed E-state index contributed by atoms with van der Waals surface area (Å²) in [4.78, 5) is 29.6. The first-order chi connectivity index (χ1) is 14.7. The second kappa shape index (κ2) is 9.74. The van der Waals surface area contributed by atoms with E-state index in [1.54, 1.807) is 18.4 Å². The smallest absolute Gasteiger partial charge is 0.224 e. The molecule has 2 aliphatic heterocycles. The largest absolute Gasteiger partial charge is 0.356 e. The number of nitrogens with one attached hydrogen (secondary N) is 1. The molecule has 2 aromatic rings. The van der Waals surface area contributed by atoms with Crippen LogP contribution in [0.3, 0.4) is 0 Å². The lowest BCUT2D eigenvalue weighted by atomic mass is 10.1. The Labute approximate surface area is 185 Å². The molecule has 30 heavy (non-hydrogen) atoms. The second-order valence-electron chi connectivity index (χ2n) is 7.48. The Kier molecular flexibility index (Phi) is 6.83. The molecule has 1 N–H and O–H groups in total. The minimum Gasteiger partial charge on any atom is -0.356 e. The minimum absolute atomic E-state index is 0.211. The molecule has 10 heteroatoms. The number of anilines is 1. The minimum atomic E-state index is 0.211. The summed E-state index contributed by atoms with van der Waals surface area (Å²) in [7, 11) is 1.80. The Bertz CT molecular complexity index is 885. The average Bonchev–Trinajstić information content (AvgIpc) is 3.45. The molecule has 2 aromatic heterocycles. The summed E-state index contributed by atoms with van der Waals surface area (Å²) >= 11 is 3.28. The highest BCUT2D eigenvalue weighted by atomic mass is 32.1. The maximum atomic E-state index is 12.6. The molecule has 4 heterocycles. The maximum absolute atomic E-state index is 12.6. The summed E-state index contributed by atoms with van der Waals surface area (Å²) in [6, 6.07) is 2.14. The van der Waals surface area contributed by atoms with Crippen LogP contribution in [0, 0.1) is 0 Å². The molecule has 1 fully saturated rings. The van der Waals surface area contributed by atoms with E-state index in [-0.39, 0.29) is 5.91 Å². The van der Waals surface area contributed by atoms with Gasteiger partial charge in [-0.25, -0.2) is 4.98 Å². The third-order valence-corrected chi connectivity index (χ3v) is 7.46. The summed E-state index contributed by atoms with van der Waals surface area (Å²) in [5.41, 5.74) is 1.31. The van der Waals surface area contributed by atoms with Gasteiger partial charge in [0.1, 0.15) is 5.82 Å². The standard InChI is InChI=1S/C20H29N7OS2/c1-3-17-23-20(30-24-17)26-11-9-25(10-12-26)19(21-2)22-7-4-18(28)27-8-5-16-15(14-27)6-13-29-16/h6,13H,3-5,7-12,14H2,1-2H3,(H,21,22). The number of guanidine groups is 1. The molecule has 0 radical (unpaired) electrons. The SMILES string of the molecule is CCc1nsc(N2CCN(C(=NC)NCCC(=O)N3CCc4sccc4C3)CC2)n1. The second-order valence-corrected chi connectivity index (χ2v) is 9.21. The Morgan fingerprint density at radius 1 is 1.23 bits per heavy atom. The van der Waals surface area contributed by atoms with E-state index in [0.717, 1.165) is 69.0 Å². The zero-order chi connectivity index (χ0) is 20.9. The summed E-state index contributed by atoms with van der Waals surface area (Å²) in [5, 5.41) is 6.51. The molecule has 0 atom stereocenters. The van der Waals surface area contributed by atoms with Crippen LogP contribution in [-0.2, 0) is 24.2 Å². The van der Waals surface area contributed by atoms with Gasteiger partial charge in [0.15, 0.2) is 5.96 Å². The van der Waals surface area contributed by atoms with E-state index in [0.29, 0.717) is 13.0 Å². The number of hydrogen-bond donors (Lipinski definition) is 1. The zero-order valence-electron chi connectivity index (χ0n) is 17.6. The number of aryl methyl sites for hydroxylation is 1. The number of piperazine rings is 1. The van der Waals surface area contributed by atoms with Crippen molar-refractivity contribution < 1.29 is 4.79 Å². The number of rotatable bonds is 5. The fraction of sp³-hybridized carbons (Fsp3) is 0.600. The number of aromatic nitrogens is 2. The fourth-order valence-electron chi connectivity index (χ4n) is 3.86. The van der Waals surface area contributed by atoms with Gasteiger partial charge in [-0.15, -0.1) is 11.3 Å². The molecule has 4 rings (SSSR count). The first-order valence-corrected chi connectivity index (χ1v) is 12.2. The average molecular weight is 448 g/mol. The molecule has 162 valence electrons. The monoisotopic (exact) mass is 447 g/mol. The predicted molar refractivity (Wildman–Crippen MR) is 122 cm³/mol. The molecular weight excluding hydrogens is 418 g/mol. The fourth-order valence-corrected chi connectivity index (χ4v) is 5.55. The van der Waals surface area contributed by atoms with Crippen molar-refractivity contribution in [1.82, 2.24) is 24.5 Å². The number of hydrogen-bond acceptors (Lipinski definition) is 7. The van der Waals surface area contributed by atoms with Gasteiger partial charge < -0.3 is 20.0 Å². The summed E-state index contributed by atoms with van der Waals surface area (Å²) < 4.78 is 4.39.